The Morgan fingerprint density at radius 1 is 1.00 bits per heavy atom. The van der Waals surface area contributed by atoms with Gasteiger partial charge in [0.05, 0.1) is 7.11 Å². The Bertz CT molecular complexity index is 731. The summed E-state index contributed by atoms with van der Waals surface area (Å²) < 4.78 is 5.29. The standard InChI is InChI=1S/C19H23N3O3/c1-14(23)21-16-7-5-8-17(12-16)22-19(24)10-11-20-13-15-6-3-4-9-18(15)25-2/h3-9,12,20H,10-11,13H2,1-2H3,(H,21,23)(H,22,24). The molecule has 2 rings (SSSR count). The highest BCUT2D eigenvalue weighted by atomic mass is 16.5. The average Bonchev–Trinajstić information content (AvgIpc) is 2.59. The Hall–Kier alpha value is -2.86. The lowest BCUT2D eigenvalue weighted by Crippen LogP contribution is -2.21. The minimum Gasteiger partial charge on any atom is -0.496 e. The molecule has 0 aliphatic heterocycles. The van der Waals surface area contributed by atoms with Crippen LogP contribution >= 0.6 is 0 Å². The first-order valence-corrected chi connectivity index (χ1v) is 8.08. The molecule has 0 spiro atoms. The molecular formula is C19H23N3O3. The largest absolute Gasteiger partial charge is 0.496 e. The summed E-state index contributed by atoms with van der Waals surface area (Å²) in [6.45, 7) is 2.63. The van der Waals surface area contributed by atoms with E-state index in [4.69, 9.17) is 4.74 Å². The molecule has 0 fully saturated rings. The number of amides is 2. The lowest BCUT2D eigenvalue weighted by atomic mass is 10.2. The van der Waals surface area contributed by atoms with Crippen LogP contribution in [0.5, 0.6) is 5.75 Å². The Balaban J connectivity index is 1.76. The topological polar surface area (TPSA) is 79.5 Å². The van der Waals surface area contributed by atoms with E-state index >= 15 is 0 Å². The summed E-state index contributed by atoms with van der Waals surface area (Å²) in [5, 5.41) is 8.74. The molecule has 0 bridgehead atoms. The number of ether oxygens (including phenoxy) is 1. The van der Waals surface area contributed by atoms with Gasteiger partial charge < -0.3 is 20.7 Å². The number of para-hydroxylation sites is 1. The molecule has 0 radical (unpaired) electrons. The van der Waals surface area contributed by atoms with Gasteiger partial charge in [0.1, 0.15) is 5.75 Å². The number of carbonyl (C=O) groups excluding carboxylic acids is 2. The second-order valence-corrected chi connectivity index (χ2v) is 5.55. The Morgan fingerprint density at radius 3 is 2.44 bits per heavy atom. The molecular weight excluding hydrogens is 318 g/mol. The van der Waals surface area contributed by atoms with Gasteiger partial charge in [0.2, 0.25) is 11.8 Å². The van der Waals surface area contributed by atoms with E-state index in [0.29, 0.717) is 30.9 Å². The fraction of sp³-hybridized carbons (Fsp3) is 0.263. The summed E-state index contributed by atoms with van der Waals surface area (Å²) >= 11 is 0. The highest BCUT2D eigenvalue weighted by Gasteiger charge is 2.05. The van der Waals surface area contributed by atoms with Gasteiger partial charge >= 0.3 is 0 Å². The van der Waals surface area contributed by atoms with Crippen molar-refractivity contribution in [2.24, 2.45) is 0 Å². The van der Waals surface area contributed by atoms with Crippen molar-refractivity contribution in [3.8, 4) is 5.75 Å². The summed E-state index contributed by atoms with van der Waals surface area (Å²) in [4.78, 5) is 23.1. The van der Waals surface area contributed by atoms with Gasteiger partial charge in [-0.05, 0) is 24.3 Å². The number of benzene rings is 2. The van der Waals surface area contributed by atoms with Crippen molar-refractivity contribution in [3.05, 3.63) is 54.1 Å². The Morgan fingerprint density at radius 2 is 1.72 bits per heavy atom. The molecule has 0 aliphatic rings. The van der Waals surface area contributed by atoms with E-state index in [1.54, 1.807) is 31.4 Å². The second-order valence-electron chi connectivity index (χ2n) is 5.55. The minimum atomic E-state index is -0.149. The third-order valence-electron chi connectivity index (χ3n) is 3.50. The van der Waals surface area contributed by atoms with Crippen molar-refractivity contribution in [3.63, 3.8) is 0 Å². The fourth-order valence-electron chi connectivity index (χ4n) is 2.38. The van der Waals surface area contributed by atoms with Gasteiger partial charge in [-0.2, -0.15) is 0 Å². The third-order valence-corrected chi connectivity index (χ3v) is 3.50. The van der Waals surface area contributed by atoms with Crippen LogP contribution in [0.1, 0.15) is 18.9 Å². The number of nitrogens with one attached hydrogen (secondary N) is 3. The fourth-order valence-corrected chi connectivity index (χ4v) is 2.38. The second kappa shape index (κ2) is 9.44. The van der Waals surface area contributed by atoms with Crippen molar-refractivity contribution >= 4 is 23.2 Å². The molecule has 25 heavy (non-hydrogen) atoms. The quantitative estimate of drug-likeness (QED) is 0.645. The van der Waals surface area contributed by atoms with Gasteiger partial charge in [-0.25, -0.2) is 0 Å². The maximum atomic E-state index is 12.0. The van der Waals surface area contributed by atoms with E-state index in [1.807, 2.05) is 24.3 Å². The summed E-state index contributed by atoms with van der Waals surface area (Å²) in [6.07, 6.45) is 0.347. The SMILES string of the molecule is COc1ccccc1CNCCC(=O)Nc1cccc(NC(C)=O)c1. The van der Waals surface area contributed by atoms with Crippen molar-refractivity contribution in [2.75, 3.05) is 24.3 Å². The number of methoxy groups -OCH3 is 1. The van der Waals surface area contributed by atoms with Crippen LogP contribution in [0.2, 0.25) is 0 Å². The third kappa shape index (κ3) is 6.27. The first-order chi connectivity index (χ1) is 12.1. The van der Waals surface area contributed by atoms with Crippen molar-refractivity contribution in [1.82, 2.24) is 5.32 Å². The molecule has 0 saturated heterocycles. The smallest absolute Gasteiger partial charge is 0.225 e. The highest BCUT2D eigenvalue weighted by molar-refractivity contribution is 5.93. The molecule has 132 valence electrons. The Kier molecular flexibility index (Phi) is 6.98. The summed E-state index contributed by atoms with van der Waals surface area (Å²) in [7, 11) is 1.64. The Labute approximate surface area is 147 Å². The molecule has 0 unspecified atom stereocenters. The van der Waals surface area contributed by atoms with E-state index < -0.39 is 0 Å². The van der Waals surface area contributed by atoms with Crippen LogP contribution in [0.25, 0.3) is 0 Å². The van der Waals surface area contributed by atoms with Crippen molar-refractivity contribution < 1.29 is 14.3 Å². The van der Waals surface area contributed by atoms with Crippen LogP contribution in [0.15, 0.2) is 48.5 Å². The van der Waals surface area contributed by atoms with Crippen LogP contribution in [-0.4, -0.2) is 25.5 Å². The van der Waals surface area contributed by atoms with Crippen LogP contribution in [-0.2, 0) is 16.1 Å². The van der Waals surface area contributed by atoms with Gasteiger partial charge in [0, 0.05) is 43.4 Å². The number of anilines is 2. The molecule has 0 atom stereocenters. The minimum absolute atomic E-state index is 0.0903. The molecule has 2 aromatic carbocycles. The number of rotatable bonds is 8. The molecule has 0 aliphatic carbocycles. The van der Waals surface area contributed by atoms with Crippen molar-refractivity contribution in [2.45, 2.75) is 19.9 Å². The molecule has 0 heterocycles. The lowest BCUT2D eigenvalue weighted by molar-refractivity contribution is -0.116. The highest BCUT2D eigenvalue weighted by Crippen LogP contribution is 2.17. The van der Waals surface area contributed by atoms with E-state index in [0.717, 1.165) is 11.3 Å². The van der Waals surface area contributed by atoms with Crippen LogP contribution < -0.4 is 20.7 Å². The zero-order valence-electron chi connectivity index (χ0n) is 14.5. The predicted molar refractivity (Wildman–Crippen MR) is 98.7 cm³/mol. The normalized spacial score (nSPS) is 10.2. The van der Waals surface area contributed by atoms with E-state index in [2.05, 4.69) is 16.0 Å². The molecule has 3 N–H and O–H groups in total. The molecule has 6 heteroatoms. The summed E-state index contributed by atoms with van der Waals surface area (Å²) in [5.41, 5.74) is 2.36. The van der Waals surface area contributed by atoms with Gasteiger partial charge in [-0.1, -0.05) is 24.3 Å². The lowest BCUT2D eigenvalue weighted by Gasteiger charge is -2.10. The van der Waals surface area contributed by atoms with E-state index in [9.17, 15) is 9.59 Å². The average molecular weight is 341 g/mol. The first-order valence-electron chi connectivity index (χ1n) is 8.08. The van der Waals surface area contributed by atoms with E-state index in [1.165, 1.54) is 6.92 Å². The monoisotopic (exact) mass is 341 g/mol. The van der Waals surface area contributed by atoms with Crippen molar-refractivity contribution in [1.29, 1.82) is 0 Å². The van der Waals surface area contributed by atoms with Gasteiger partial charge in [-0.15, -0.1) is 0 Å². The first kappa shape index (κ1) is 18.5. The predicted octanol–water partition coefficient (Wildman–Crippen LogP) is 2.77. The number of hydrogen-bond donors (Lipinski definition) is 3. The van der Waals surface area contributed by atoms with Gasteiger partial charge in [-0.3, -0.25) is 9.59 Å². The molecule has 0 aromatic heterocycles. The van der Waals surface area contributed by atoms with Crippen LogP contribution in [0.4, 0.5) is 11.4 Å². The molecule has 2 amide bonds. The van der Waals surface area contributed by atoms with Crippen LogP contribution in [0, 0.1) is 0 Å². The number of hydrogen-bond acceptors (Lipinski definition) is 4. The molecule has 0 saturated carbocycles. The van der Waals surface area contributed by atoms with Gasteiger partial charge in [0.15, 0.2) is 0 Å². The zero-order valence-corrected chi connectivity index (χ0v) is 14.5. The zero-order chi connectivity index (χ0) is 18.1. The van der Waals surface area contributed by atoms with Crippen LogP contribution in [0.3, 0.4) is 0 Å². The number of carbonyl (C=O) groups is 2. The summed E-state index contributed by atoms with van der Waals surface area (Å²) in [5.74, 6) is 0.589. The maximum absolute atomic E-state index is 12.0. The molecule has 6 nitrogen and oxygen atoms in total. The summed E-state index contributed by atoms with van der Waals surface area (Å²) in [6, 6.07) is 14.8. The maximum Gasteiger partial charge on any atom is 0.225 e. The molecule has 2 aromatic rings. The van der Waals surface area contributed by atoms with E-state index in [-0.39, 0.29) is 11.8 Å². The van der Waals surface area contributed by atoms with Gasteiger partial charge in [0.25, 0.3) is 0 Å².